The Hall–Kier alpha value is -1.39. The van der Waals surface area contributed by atoms with Gasteiger partial charge in [-0.1, -0.05) is 17.7 Å². The maximum Gasteiger partial charge on any atom is 0.241 e. The van der Waals surface area contributed by atoms with Crippen molar-refractivity contribution in [3.8, 4) is 0 Å². The van der Waals surface area contributed by atoms with E-state index in [2.05, 4.69) is 10.2 Å². The van der Waals surface area contributed by atoms with Crippen molar-refractivity contribution in [2.75, 3.05) is 31.6 Å². The number of hydrogen-bond donors (Lipinski definition) is 1. The fourth-order valence-electron chi connectivity index (χ4n) is 2.01. The van der Waals surface area contributed by atoms with Gasteiger partial charge in [-0.25, -0.2) is 0 Å². The van der Waals surface area contributed by atoms with Gasteiger partial charge in [-0.15, -0.1) is 0 Å². The standard InChI is InChI=1S/C14H20N2O2/c1-11-3-5-13(6-4-11)15-14(17)12(2)16-7-9-18-10-8-16/h3-6,12H,7-10H2,1-2H3,(H,15,17)/t12-/m0/s1. The van der Waals surface area contributed by atoms with Crippen LogP contribution in [0.25, 0.3) is 0 Å². The molecule has 1 aromatic carbocycles. The van der Waals surface area contributed by atoms with E-state index in [0.29, 0.717) is 13.2 Å². The van der Waals surface area contributed by atoms with Crippen molar-refractivity contribution in [1.29, 1.82) is 0 Å². The summed E-state index contributed by atoms with van der Waals surface area (Å²) in [6, 6.07) is 7.73. The highest BCUT2D eigenvalue weighted by Gasteiger charge is 2.22. The molecular weight excluding hydrogens is 228 g/mol. The second kappa shape index (κ2) is 5.98. The zero-order valence-corrected chi connectivity index (χ0v) is 11.0. The van der Waals surface area contributed by atoms with Crippen molar-refractivity contribution < 1.29 is 9.53 Å². The first-order chi connectivity index (χ1) is 8.66. The van der Waals surface area contributed by atoms with Gasteiger partial charge < -0.3 is 10.1 Å². The van der Waals surface area contributed by atoms with Gasteiger partial charge in [0.2, 0.25) is 5.91 Å². The smallest absolute Gasteiger partial charge is 0.241 e. The first kappa shape index (κ1) is 13.1. The number of carbonyl (C=O) groups excluding carboxylic acids is 1. The van der Waals surface area contributed by atoms with Gasteiger partial charge >= 0.3 is 0 Å². The third-order valence-electron chi connectivity index (χ3n) is 3.29. The summed E-state index contributed by atoms with van der Waals surface area (Å²) >= 11 is 0. The van der Waals surface area contributed by atoms with Crippen LogP contribution in [0.15, 0.2) is 24.3 Å². The lowest BCUT2D eigenvalue weighted by atomic mass is 10.2. The molecule has 2 rings (SSSR count). The van der Waals surface area contributed by atoms with E-state index in [1.165, 1.54) is 5.56 Å². The molecule has 18 heavy (non-hydrogen) atoms. The van der Waals surface area contributed by atoms with Gasteiger partial charge in [0, 0.05) is 18.8 Å². The van der Waals surface area contributed by atoms with E-state index in [1.54, 1.807) is 0 Å². The molecular formula is C14H20N2O2. The lowest BCUT2D eigenvalue weighted by Crippen LogP contribution is -2.47. The molecule has 1 heterocycles. The van der Waals surface area contributed by atoms with E-state index in [1.807, 2.05) is 38.1 Å². The summed E-state index contributed by atoms with van der Waals surface area (Å²) in [5.74, 6) is 0.0424. The number of morpholine rings is 1. The normalized spacial score (nSPS) is 18.3. The first-order valence-electron chi connectivity index (χ1n) is 6.36. The molecule has 1 atom stereocenters. The minimum atomic E-state index is -0.116. The van der Waals surface area contributed by atoms with Crippen molar-refractivity contribution >= 4 is 11.6 Å². The summed E-state index contributed by atoms with van der Waals surface area (Å²) in [7, 11) is 0. The summed E-state index contributed by atoms with van der Waals surface area (Å²) in [6.45, 7) is 7.03. The van der Waals surface area contributed by atoms with Gasteiger partial charge in [0.05, 0.1) is 19.3 Å². The third kappa shape index (κ3) is 3.31. The number of aryl methyl sites for hydroxylation is 1. The molecule has 98 valence electrons. The number of rotatable bonds is 3. The molecule has 1 saturated heterocycles. The molecule has 0 bridgehead atoms. The SMILES string of the molecule is Cc1ccc(NC(=O)[C@H](C)N2CCOCC2)cc1. The van der Waals surface area contributed by atoms with Crippen LogP contribution in [0.4, 0.5) is 5.69 Å². The van der Waals surface area contributed by atoms with Gasteiger partial charge in [0.15, 0.2) is 0 Å². The van der Waals surface area contributed by atoms with Crippen molar-refractivity contribution in [3.63, 3.8) is 0 Å². The van der Waals surface area contributed by atoms with Crippen molar-refractivity contribution in [2.24, 2.45) is 0 Å². The summed E-state index contributed by atoms with van der Waals surface area (Å²) in [5.41, 5.74) is 2.04. The Morgan fingerprint density at radius 1 is 1.28 bits per heavy atom. The van der Waals surface area contributed by atoms with Gasteiger partial charge in [0.25, 0.3) is 0 Å². The zero-order valence-electron chi connectivity index (χ0n) is 11.0. The number of nitrogens with zero attached hydrogens (tertiary/aromatic N) is 1. The topological polar surface area (TPSA) is 41.6 Å². The Balaban J connectivity index is 1.92. The summed E-state index contributed by atoms with van der Waals surface area (Å²) in [5, 5.41) is 2.94. The fraction of sp³-hybridized carbons (Fsp3) is 0.500. The highest BCUT2D eigenvalue weighted by molar-refractivity contribution is 5.94. The van der Waals surface area contributed by atoms with Crippen LogP contribution in [0.2, 0.25) is 0 Å². The molecule has 1 aliphatic heterocycles. The average Bonchev–Trinajstić information content (AvgIpc) is 2.41. The van der Waals surface area contributed by atoms with Gasteiger partial charge in [-0.2, -0.15) is 0 Å². The number of hydrogen-bond acceptors (Lipinski definition) is 3. The Kier molecular flexibility index (Phi) is 4.33. The van der Waals surface area contributed by atoms with Crippen LogP contribution in [0, 0.1) is 6.92 Å². The molecule has 1 aromatic rings. The highest BCUT2D eigenvalue weighted by atomic mass is 16.5. The predicted octanol–water partition coefficient (Wildman–Crippen LogP) is 1.65. The molecule has 1 amide bonds. The van der Waals surface area contributed by atoms with Crippen LogP contribution in [0.1, 0.15) is 12.5 Å². The van der Waals surface area contributed by atoms with E-state index >= 15 is 0 Å². The largest absolute Gasteiger partial charge is 0.379 e. The van der Waals surface area contributed by atoms with E-state index < -0.39 is 0 Å². The summed E-state index contributed by atoms with van der Waals surface area (Å²) < 4.78 is 5.29. The van der Waals surface area contributed by atoms with E-state index in [4.69, 9.17) is 4.74 Å². The molecule has 4 nitrogen and oxygen atoms in total. The van der Waals surface area contributed by atoms with Gasteiger partial charge in [-0.05, 0) is 26.0 Å². The highest BCUT2D eigenvalue weighted by Crippen LogP contribution is 2.11. The number of ether oxygens (including phenoxy) is 1. The lowest BCUT2D eigenvalue weighted by molar-refractivity contribution is -0.122. The Morgan fingerprint density at radius 2 is 1.89 bits per heavy atom. The predicted molar refractivity (Wildman–Crippen MR) is 71.7 cm³/mol. The van der Waals surface area contributed by atoms with Crippen LogP contribution in [-0.4, -0.2) is 43.2 Å². The molecule has 0 aliphatic carbocycles. The minimum absolute atomic E-state index is 0.0424. The second-order valence-corrected chi connectivity index (χ2v) is 4.68. The van der Waals surface area contributed by atoms with Crippen LogP contribution < -0.4 is 5.32 Å². The quantitative estimate of drug-likeness (QED) is 0.884. The maximum absolute atomic E-state index is 12.1. The molecule has 0 unspecified atom stereocenters. The molecule has 0 spiro atoms. The van der Waals surface area contributed by atoms with Gasteiger partial charge in [0.1, 0.15) is 0 Å². The monoisotopic (exact) mass is 248 g/mol. The number of amides is 1. The summed E-state index contributed by atoms with van der Waals surface area (Å²) in [6.07, 6.45) is 0. The van der Waals surface area contributed by atoms with Crippen LogP contribution >= 0.6 is 0 Å². The Bertz CT molecular complexity index is 397. The molecule has 0 aromatic heterocycles. The van der Waals surface area contributed by atoms with Crippen LogP contribution in [0.3, 0.4) is 0 Å². The molecule has 4 heteroatoms. The lowest BCUT2D eigenvalue weighted by Gasteiger charge is -2.31. The van der Waals surface area contributed by atoms with Crippen molar-refractivity contribution in [1.82, 2.24) is 4.90 Å². The first-order valence-corrected chi connectivity index (χ1v) is 6.36. The summed E-state index contributed by atoms with van der Waals surface area (Å²) in [4.78, 5) is 14.2. The Labute approximate surface area is 108 Å². The van der Waals surface area contributed by atoms with Crippen molar-refractivity contribution in [2.45, 2.75) is 19.9 Å². The number of nitrogens with one attached hydrogen (secondary N) is 1. The molecule has 1 aliphatic rings. The van der Waals surface area contributed by atoms with E-state index in [0.717, 1.165) is 18.8 Å². The molecule has 0 radical (unpaired) electrons. The maximum atomic E-state index is 12.1. The second-order valence-electron chi connectivity index (χ2n) is 4.68. The molecule has 0 saturated carbocycles. The molecule has 1 fully saturated rings. The molecule has 1 N–H and O–H groups in total. The minimum Gasteiger partial charge on any atom is -0.379 e. The van der Waals surface area contributed by atoms with Crippen LogP contribution in [-0.2, 0) is 9.53 Å². The number of anilines is 1. The van der Waals surface area contributed by atoms with Gasteiger partial charge in [-0.3, -0.25) is 9.69 Å². The average molecular weight is 248 g/mol. The van der Waals surface area contributed by atoms with E-state index in [9.17, 15) is 4.79 Å². The zero-order chi connectivity index (χ0) is 13.0. The Morgan fingerprint density at radius 3 is 2.50 bits per heavy atom. The number of benzene rings is 1. The van der Waals surface area contributed by atoms with E-state index in [-0.39, 0.29) is 11.9 Å². The third-order valence-corrected chi connectivity index (χ3v) is 3.29. The van der Waals surface area contributed by atoms with Crippen molar-refractivity contribution in [3.05, 3.63) is 29.8 Å². The number of carbonyl (C=O) groups is 1. The fourth-order valence-corrected chi connectivity index (χ4v) is 2.01. The van der Waals surface area contributed by atoms with Crippen LogP contribution in [0.5, 0.6) is 0 Å².